The lowest BCUT2D eigenvalue weighted by Crippen LogP contribution is -2.29. The fraction of sp³-hybridized carbons (Fsp3) is 0.167. The second-order valence-electron chi connectivity index (χ2n) is 7.46. The van der Waals surface area contributed by atoms with E-state index < -0.39 is 6.03 Å². The molecule has 0 atom stereocenters. The third kappa shape index (κ3) is 4.03. The highest BCUT2D eigenvalue weighted by atomic mass is 19.1. The maximum atomic E-state index is 13.7. The number of fused-ring (bicyclic) bond motifs is 1. The van der Waals surface area contributed by atoms with Crippen molar-refractivity contribution in [3.63, 3.8) is 0 Å². The van der Waals surface area contributed by atoms with Crippen LogP contribution in [0, 0.1) is 19.7 Å². The average Bonchev–Trinajstić information content (AvgIpc) is 3.14. The first-order valence-electron chi connectivity index (χ1n) is 9.76. The van der Waals surface area contributed by atoms with Crippen molar-refractivity contribution in [2.45, 2.75) is 20.3 Å². The molecule has 1 heterocycles. The van der Waals surface area contributed by atoms with E-state index in [1.54, 1.807) is 36.1 Å². The van der Waals surface area contributed by atoms with Gasteiger partial charge in [0.05, 0.1) is 0 Å². The van der Waals surface area contributed by atoms with Crippen molar-refractivity contribution in [2.75, 3.05) is 22.1 Å². The van der Waals surface area contributed by atoms with E-state index in [2.05, 4.69) is 10.6 Å². The lowest BCUT2D eigenvalue weighted by Gasteiger charge is -2.18. The van der Waals surface area contributed by atoms with E-state index in [1.165, 1.54) is 6.07 Å². The van der Waals surface area contributed by atoms with Gasteiger partial charge in [-0.25, -0.2) is 9.18 Å². The Hall–Kier alpha value is -3.67. The molecular formula is C24H22FN3O2. The lowest BCUT2D eigenvalue weighted by atomic mass is 10.1. The van der Waals surface area contributed by atoms with Gasteiger partial charge in [-0.1, -0.05) is 29.8 Å². The van der Waals surface area contributed by atoms with Gasteiger partial charge in [-0.3, -0.25) is 4.79 Å². The summed E-state index contributed by atoms with van der Waals surface area (Å²) in [6, 6.07) is 17.0. The van der Waals surface area contributed by atoms with Crippen LogP contribution in [-0.4, -0.2) is 18.5 Å². The van der Waals surface area contributed by atoms with Gasteiger partial charge in [0.1, 0.15) is 5.82 Å². The number of benzene rings is 3. The van der Waals surface area contributed by atoms with Crippen LogP contribution in [0.1, 0.15) is 27.0 Å². The Morgan fingerprint density at radius 2 is 1.57 bits per heavy atom. The molecule has 152 valence electrons. The first-order chi connectivity index (χ1) is 14.4. The largest absolute Gasteiger partial charge is 0.323 e. The van der Waals surface area contributed by atoms with Crippen LogP contribution in [0.2, 0.25) is 0 Å². The number of aryl methyl sites for hydroxylation is 2. The molecule has 1 aliphatic heterocycles. The van der Waals surface area contributed by atoms with Crippen molar-refractivity contribution in [2.24, 2.45) is 0 Å². The summed E-state index contributed by atoms with van der Waals surface area (Å²) in [6.07, 6.45) is 0.766. The third-order valence-corrected chi connectivity index (χ3v) is 5.21. The molecule has 0 aliphatic carbocycles. The molecule has 6 heteroatoms. The first kappa shape index (κ1) is 19.6. The monoisotopic (exact) mass is 403 g/mol. The van der Waals surface area contributed by atoms with Crippen molar-refractivity contribution in [1.29, 1.82) is 0 Å². The van der Waals surface area contributed by atoms with Gasteiger partial charge in [0.15, 0.2) is 0 Å². The Balaban J connectivity index is 1.49. The zero-order valence-corrected chi connectivity index (χ0v) is 16.8. The molecule has 3 aromatic carbocycles. The molecule has 0 radical (unpaired) electrons. The Bertz CT molecular complexity index is 1130. The molecule has 0 spiro atoms. The van der Waals surface area contributed by atoms with Gasteiger partial charge in [0.25, 0.3) is 5.91 Å². The maximum absolute atomic E-state index is 13.7. The molecule has 0 unspecified atom stereocenters. The van der Waals surface area contributed by atoms with E-state index in [1.807, 2.05) is 37.3 Å². The number of carbonyl (C=O) groups excluding carboxylic acids is 2. The summed E-state index contributed by atoms with van der Waals surface area (Å²) in [7, 11) is 0. The number of rotatable bonds is 3. The predicted molar refractivity (Wildman–Crippen MR) is 117 cm³/mol. The number of nitrogens with one attached hydrogen (secondary N) is 2. The third-order valence-electron chi connectivity index (χ3n) is 5.21. The maximum Gasteiger partial charge on any atom is 0.323 e. The fourth-order valence-corrected chi connectivity index (χ4v) is 3.48. The number of halogens is 1. The number of nitrogens with zero attached hydrogens (tertiary/aromatic N) is 1. The quantitative estimate of drug-likeness (QED) is 0.624. The van der Waals surface area contributed by atoms with E-state index in [-0.39, 0.29) is 11.7 Å². The van der Waals surface area contributed by atoms with Gasteiger partial charge in [-0.05, 0) is 67.8 Å². The molecular weight excluding hydrogens is 381 g/mol. The average molecular weight is 403 g/mol. The zero-order chi connectivity index (χ0) is 21.3. The minimum absolute atomic E-state index is 0.0644. The highest BCUT2D eigenvalue weighted by Crippen LogP contribution is 2.32. The molecule has 0 saturated carbocycles. The smallest absolute Gasteiger partial charge is 0.308 e. The van der Waals surface area contributed by atoms with E-state index in [0.717, 1.165) is 23.2 Å². The van der Waals surface area contributed by atoms with Gasteiger partial charge >= 0.3 is 6.03 Å². The molecule has 0 aromatic heterocycles. The van der Waals surface area contributed by atoms with Crippen LogP contribution in [0.5, 0.6) is 0 Å². The SMILES string of the molecule is Cc1ccc(C(=O)N2CCc3ccc(NC(=O)Nc4ccc(C)c(F)c4)cc32)cc1. The Kier molecular flexibility index (Phi) is 5.23. The van der Waals surface area contributed by atoms with Crippen molar-refractivity contribution < 1.29 is 14.0 Å². The van der Waals surface area contributed by atoms with Crippen LogP contribution in [0.15, 0.2) is 60.7 Å². The minimum atomic E-state index is -0.479. The summed E-state index contributed by atoms with van der Waals surface area (Å²) in [5.41, 5.74) is 5.01. The highest BCUT2D eigenvalue weighted by molar-refractivity contribution is 6.08. The fourth-order valence-electron chi connectivity index (χ4n) is 3.48. The van der Waals surface area contributed by atoms with Crippen LogP contribution in [-0.2, 0) is 6.42 Å². The standard InChI is InChI=1S/C24H22FN3O2/c1-15-3-6-18(7-4-15)23(29)28-12-11-17-8-10-20(14-22(17)28)27-24(30)26-19-9-5-16(2)21(25)13-19/h3-10,13-14H,11-12H2,1-2H3,(H2,26,27,30). The number of amides is 3. The van der Waals surface area contributed by atoms with E-state index in [4.69, 9.17) is 0 Å². The van der Waals surface area contributed by atoms with Crippen molar-refractivity contribution >= 4 is 29.0 Å². The second-order valence-corrected chi connectivity index (χ2v) is 7.46. The first-order valence-corrected chi connectivity index (χ1v) is 9.76. The van der Waals surface area contributed by atoms with Crippen LogP contribution in [0.3, 0.4) is 0 Å². The summed E-state index contributed by atoms with van der Waals surface area (Å²) in [6.45, 7) is 4.24. The van der Waals surface area contributed by atoms with E-state index >= 15 is 0 Å². The highest BCUT2D eigenvalue weighted by Gasteiger charge is 2.26. The second kappa shape index (κ2) is 7.99. The molecule has 0 bridgehead atoms. The number of carbonyl (C=O) groups is 2. The molecule has 5 nitrogen and oxygen atoms in total. The van der Waals surface area contributed by atoms with Crippen LogP contribution in [0.25, 0.3) is 0 Å². The minimum Gasteiger partial charge on any atom is -0.308 e. The van der Waals surface area contributed by atoms with Gasteiger partial charge in [0.2, 0.25) is 0 Å². The van der Waals surface area contributed by atoms with Crippen LogP contribution >= 0.6 is 0 Å². The molecule has 4 rings (SSSR count). The van der Waals surface area contributed by atoms with Gasteiger partial charge in [-0.15, -0.1) is 0 Å². The summed E-state index contributed by atoms with van der Waals surface area (Å²) < 4.78 is 13.7. The summed E-state index contributed by atoms with van der Waals surface area (Å²) in [5, 5.41) is 5.37. The Labute approximate surface area is 174 Å². The summed E-state index contributed by atoms with van der Waals surface area (Å²) in [4.78, 5) is 27.0. The molecule has 1 aliphatic rings. The van der Waals surface area contributed by atoms with Crippen LogP contribution in [0.4, 0.5) is 26.2 Å². The van der Waals surface area contributed by atoms with Gasteiger partial charge in [0, 0.05) is 29.2 Å². The molecule has 2 N–H and O–H groups in total. The van der Waals surface area contributed by atoms with Crippen LogP contribution < -0.4 is 15.5 Å². The van der Waals surface area contributed by atoms with E-state index in [0.29, 0.717) is 29.0 Å². The number of hydrogen-bond acceptors (Lipinski definition) is 2. The van der Waals surface area contributed by atoms with Gasteiger partial charge < -0.3 is 15.5 Å². The number of urea groups is 1. The van der Waals surface area contributed by atoms with Crippen molar-refractivity contribution in [3.8, 4) is 0 Å². The summed E-state index contributed by atoms with van der Waals surface area (Å²) >= 11 is 0. The Morgan fingerprint density at radius 1 is 0.900 bits per heavy atom. The molecule has 3 amide bonds. The van der Waals surface area contributed by atoms with Crippen molar-refractivity contribution in [1.82, 2.24) is 0 Å². The predicted octanol–water partition coefficient (Wildman–Crippen LogP) is 5.29. The lowest BCUT2D eigenvalue weighted by molar-refractivity contribution is 0.0989. The van der Waals surface area contributed by atoms with E-state index in [9.17, 15) is 14.0 Å². The molecule has 30 heavy (non-hydrogen) atoms. The number of anilines is 3. The summed E-state index contributed by atoms with van der Waals surface area (Å²) in [5.74, 6) is -0.443. The zero-order valence-electron chi connectivity index (χ0n) is 16.8. The van der Waals surface area contributed by atoms with Crippen molar-refractivity contribution in [3.05, 3.63) is 88.7 Å². The number of hydrogen-bond donors (Lipinski definition) is 2. The normalized spacial score (nSPS) is 12.4. The van der Waals surface area contributed by atoms with Gasteiger partial charge in [-0.2, -0.15) is 0 Å². The Morgan fingerprint density at radius 3 is 2.27 bits per heavy atom. The molecule has 0 saturated heterocycles. The molecule has 0 fully saturated rings. The topological polar surface area (TPSA) is 61.4 Å². The molecule has 3 aromatic rings.